The first-order chi connectivity index (χ1) is 9.15. The number of carboxylic acid groups (broad SMARTS) is 1. The fourth-order valence-corrected chi connectivity index (χ4v) is 2.28. The topological polar surface area (TPSA) is 70.4 Å². The van der Waals surface area contributed by atoms with Gasteiger partial charge >= 0.3 is 6.09 Å². The molecule has 0 fully saturated rings. The molecule has 0 atom stereocenters. The van der Waals surface area contributed by atoms with Gasteiger partial charge in [0.25, 0.3) is 0 Å². The van der Waals surface area contributed by atoms with Gasteiger partial charge in [-0.05, 0) is 17.7 Å². The zero-order chi connectivity index (χ0) is 13.4. The number of amides is 1. The van der Waals surface area contributed by atoms with Crippen molar-refractivity contribution in [2.24, 2.45) is 7.05 Å². The lowest BCUT2D eigenvalue weighted by molar-refractivity contribution is 0.202. The van der Waals surface area contributed by atoms with Crippen LogP contribution in [-0.2, 0) is 7.05 Å². The van der Waals surface area contributed by atoms with E-state index >= 15 is 0 Å². The molecule has 1 aromatic heterocycles. The molecule has 0 radical (unpaired) electrons. The fourth-order valence-electron chi connectivity index (χ4n) is 2.28. The molecule has 3 rings (SSSR count). The first-order valence-corrected chi connectivity index (χ1v) is 6.02. The van der Waals surface area contributed by atoms with Crippen molar-refractivity contribution in [2.45, 2.75) is 0 Å². The molecule has 98 valence electrons. The Hall–Kier alpha value is -2.50. The van der Waals surface area contributed by atoms with Crippen LogP contribution < -0.4 is 10.2 Å². The number of hydrogen-bond acceptors (Lipinski definition) is 3. The summed E-state index contributed by atoms with van der Waals surface area (Å²) in [5.41, 5.74) is 3.48. The van der Waals surface area contributed by atoms with Crippen LogP contribution in [0.1, 0.15) is 0 Å². The predicted molar refractivity (Wildman–Crippen MR) is 72.5 cm³/mol. The van der Waals surface area contributed by atoms with Crippen LogP contribution in [0.4, 0.5) is 16.2 Å². The van der Waals surface area contributed by atoms with E-state index in [9.17, 15) is 9.90 Å². The van der Waals surface area contributed by atoms with Gasteiger partial charge < -0.3 is 10.4 Å². The number of anilines is 2. The third-order valence-corrected chi connectivity index (χ3v) is 3.21. The van der Waals surface area contributed by atoms with E-state index in [0.717, 1.165) is 16.8 Å². The maximum absolute atomic E-state index is 11.3. The highest BCUT2D eigenvalue weighted by Gasteiger charge is 2.22. The van der Waals surface area contributed by atoms with E-state index in [-0.39, 0.29) is 0 Å². The van der Waals surface area contributed by atoms with E-state index in [4.69, 9.17) is 0 Å². The van der Waals surface area contributed by atoms with Crippen molar-refractivity contribution < 1.29 is 9.90 Å². The van der Waals surface area contributed by atoms with Crippen LogP contribution in [0.2, 0.25) is 0 Å². The molecule has 0 aliphatic carbocycles. The normalized spacial score (nSPS) is 13.8. The standard InChI is InChI=1S/C13H14N4O2/c1-16-8-10(7-15-16)9-2-3-11-12(6-9)17(13(18)19)5-4-14-11/h2-3,6-8,14H,4-5H2,1H3,(H,18,19). The molecule has 0 saturated carbocycles. The third kappa shape index (κ3) is 2.01. The van der Waals surface area contributed by atoms with Gasteiger partial charge in [-0.15, -0.1) is 0 Å². The molecule has 0 spiro atoms. The third-order valence-electron chi connectivity index (χ3n) is 3.21. The number of hydrogen-bond donors (Lipinski definition) is 2. The Balaban J connectivity index is 2.06. The fraction of sp³-hybridized carbons (Fsp3) is 0.231. The molecule has 1 aliphatic heterocycles. The maximum Gasteiger partial charge on any atom is 0.411 e. The predicted octanol–water partition coefficient (Wildman–Crippen LogP) is 2.00. The van der Waals surface area contributed by atoms with Gasteiger partial charge in [-0.2, -0.15) is 5.10 Å². The van der Waals surface area contributed by atoms with Gasteiger partial charge in [0.05, 0.1) is 17.6 Å². The number of rotatable bonds is 1. The molecule has 6 nitrogen and oxygen atoms in total. The second kappa shape index (κ2) is 4.31. The molecule has 19 heavy (non-hydrogen) atoms. The van der Waals surface area contributed by atoms with Crippen LogP contribution in [0.3, 0.4) is 0 Å². The molecule has 1 aliphatic rings. The van der Waals surface area contributed by atoms with E-state index < -0.39 is 6.09 Å². The summed E-state index contributed by atoms with van der Waals surface area (Å²) in [5.74, 6) is 0. The summed E-state index contributed by atoms with van der Waals surface area (Å²) in [4.78, 5) is 12.6. The number of aryl methyl sites for hydroxylation is 1. The van der Waals surface area contributed by atoms with Gasteiger partial charge in [-0.25, -0.2) is 4.79 Å². The summed E-state index contributed by atoms with van der Waals surface area (Å²) in [5, 5.41) is 16.6. The molecular weight excluding hydrogens is 244 g/mol. The Morgan fingerprint density at radius 3 is 2.95 bits per heavy atom. The monoisotopic (exact) mass is 258 g/mol. The summed E-state index contributed by atoms with van der Waals surface area (Å²) in [6, 6.07) is 5.76. The average molecular weight is 258 g/mol. The molecule has 0 unspecified atom stereocenters. The molecule has 6 heteroatoms. The molecule has 0 saturated heterocycles. The molecule has 2 heterocycles. The van der Waals surface area contributed by atoms with E-state index in [1.165, 1.54) is 4.90 Å². The highest BCUT2D eigenvalue weighted by molar-refractivity contribution is 5.93. The average Bonchev–Trinajstić information content (AvgIpc) is 2.84. The van der Waals surface area contributed by atoms with Crippen LogP contribution in [0, 0.1) is 0 Å². The largest absolute Gasteiger partial charge is 0.465 e. The van der Waals surface area contributed by atoms with Crippen LogP contribution in [0.5, 0.6) is 0 Å². The van der Waals surface area contributed by atoms with Crippen molar-refractivity contribution in [3.63, 3.8) is 0 Å². The number of nitrogens with one attached hydrogen (secondary N) is 1. The van der Waals surface area contributed by atoms with Crippen LogP contribution in [0.15, 0.2) is 30.6 Å². The Bertz CT molecular complexity index is 635. The van der Waals surface area contributed by atoms with Gasteiger partial charge in [0.15, 0.2) is 0 Å². The van der Waals surface area contributed by atoms with Gasteiger partial charge in [0.2, 0.25) is 0 Å². The van der Waals surface area contributed by atoms with Crippen LogP contribution in [-0.4, -0.2) is 34.1 Å². The van der Waals surface area contributed by atoms with E-state index in [2.05, 4.69) is 10.4 Å². The lowest BCUT2D eigenvalue weighted by Gasteiger charge is -2.28. The minimum atomic E-state index is -0.925. The Morgan fingerprint density at radius 2 is 2.26 bits per heavy atom. The Labute approximate surface area is 110 Å². The highest BCUT2D eigenvalue weighted by Crippen LogP contribution is 2.33. The van der Waals surface area contributed by atoms with Gasteiger partial charge in [-0.1, -0.05) is 6.07 Å². The molecule has 2 N–H and O–H groups in total. The van der Waals surface area contributed by atoms with Crippen molar-refractivity contribution in [3.8, 4) is 11.1 Å². The minimum Gasteiger partial charge on any atom is -0.465 e. The van der Waals surface area contributed by atoms with Crippen molar-refractivity contribution in [1.82, 2.24) is 9.78 Å². The SMILES string of the molecule is Cn1cc(-c2ccc3c(c2)N(C(=O)O)CCN3)cn1. The first kappa shape index (κ1) is 11.6. The van der Waals surface area contributed by atoms with Crippen molar-refractivity contribution in [1.29, 1.82) is 0 Å². The number of aromatic nitrogens is 2. The van der Waals surface area contributed by atoms with Gasteiger partial charge in [0, 0.05) is 31.9 Å². The smallest absolute Gasteiger partial charge is 0.411 e. The molecular formula is C13H14N4O2. The molecule has 1 aromatic carbocycles. The van der Waals surface area contributed by atoms with E-state index in [1.807, 2.05) is 31.4 Å². The van der Waals surface area contributed by atoms with Crippen molar-refractivity contribution >= 4 is 17.5 Å². The molecule has 1 amide bonds. The van der Waals surface area contributed by atoms with Crippen LogP contribution >= 0.6 is 0 Å². The van der Waals surface area contributed by atoms with Crippen LogP contribution in [0.25, 0.3) is 11.1 Å². The highest BCUT2D eigenvalue weighted by atomic mass is 16.4. The summed E-state index contributed by atoms with van der Waals surface area (Å²) >= 11 is 0. The number of nitrogens with zero attached hydrogens (tertiary/aromatic N) is 3. The summed E-state index contributed by atoms with van der Waals surface area (Å²) in [7, 11) is 1.85. The molecule has 2 aromatic rings. The lowest BCUT2D eigenvalue weighted by atomic mass is 10.1. The quantitative estimate of drug-likeness (QED) is 0.820. The maximum atomic E-state index is 11.3. The van der Waals surface area contributed by atoms with Crippen molar-refractivity contribution in [2.75, 3.05) is 23.3 Å². The Kier molecular flexibility index (Phi) is 2.63. The second-order valence-electron chi connectivity index (χ2n) is 4.50. The van der Waals surface area contributed by atoms with Gasteiger partial charge in [-0.3, -0.25) is 9.58 Å². The van der Waals surface area contributed by atoms with E-state index in [1.54, 1.807) is 10.9 Å². The van der Waals surface area contributed by atoms with Gasteiger partial charge in [0.1, 0.15) is 0 Å². The summed E-state index contributed by atoms with van der Waals surface area (Å²) in [6.07, 6.45) is 2.75. The number of fused-ring (bicyclic) bond motifs is 1. The summed E-state index contributed by atoms with van der Waals surface area (Å²) in [6.45, 7) is 1.09. The number of carbonyl (C=O) groups is 1. The minimum absolute atomic E-state index is 0.457. The van der Waals surface area contributed by atoms with E-state index in [0.29, 0.717) is 18.8 Å². The Morgan fingerprint density at radius 1 is 1.42 bits per heavy atom. The first-order valence-electron chi connectivity index (χ1n) is 6.02. The molecule has 0 bridgehead atoms. The zero-order valence-electron chi connectivity index (χ0n) is 10.5. The number of benzene rings is 1. The summed E-state index contributed by atoms with van der Waals surface area (Å²) < 4.78 is 1.72. The zero-order valence-corrected chi connectivity index (χ0v) is 10.5. The lowest BCUT2D eigenvalue weighted by Crippen LogP contribution is -2.37. The second-order valence-corrected chi connectivity index (χ2v) is 4.50. The van der Waals surface area contributed by atoms with Crippen molar-refractivity contribution in [3.05, 3.63) is 30.6 Å².